The first-order valence-corrected chi connectivity index (χ1v) is 10.5. The molecule has 2 atom stereocenters. The summed E-state index contributed by atoms with van der Waals surface area (Å²) in [5.41, 5.74) is 1.04. The first kappa shape index (κ1) is 18.9. The second kappa shape index (κ2) is 7.60. The molecule has 0 unspecified atom stereocenters. The van der Waals surface area contributed by atoms with E-state index in [-0.39, 0.29) is 11.1 Å². The molecule has 0 heterocycles. The largest absolute Gasteiger partial charge is 0.411 e. The third-order valence-corrected chi connectivity index (χ3v) is 8.80. The van der Waals surface area contributed by atoms with Crippen molar-refractivity contribution in [2.75, 3.05) is 0 Å². The lowest BCUT2D eigenvalue weighted by Crippen LogP contribution is -2.46. The summed E-state index contributed by atoms with van der Waals surface area (Å²) in [4.78, 5) is 0. The van der Waals surface area contributed by atoms with Gasteiger partial charge in [0.15, 0.2) is 8.32 Å². The quantitative estimate of drug-likeness (QED) is 0.410. The Labute approximate surface area is 121 Å². The van der Waals surface area contributed by atoms with Crippen LogP contribution in [0.3, 0.4) is 0 Å². The average Bonchev–Trinajstić information content (AvgIpc) is 2.26. The van der Waals surface area contributed by atoms with E-state index in [4.69, 9.17) is 4.43 Å². The Morgan fingerprint density at radius 3 is 2.26 bits per heavy atom. The zero-order valence-electron chi connectivity index (χ0n) is 14.2. The van der Waals surface area contributed by atoms with Crippen LogP contribution < -0.4 is 0 Å². The van der Waals surface area contributed by atoms with Gasteiger partial charge in [0.1, 0.15) is 0 Å². The lowest BCUT2D eigenvalue weighted by molar-refractivity contribution is 0.0618. The smallest absolute Gasteiger partial charge is 0.192 e. The maximum atomic E-state index is 10.3. The molecule has 1 N–H and O–H groups in total. The zero-order chi connectivity index (χ0) is 15.3. The fourth-order valence-electron chi connectivity index (χ4n) is 1.73. The third kappa shape index (κ3) is 6.24. The molecule has 0 rings (SSSR count). The molecule has 0 aliphatic carbocycles. The van der Waals surface area contributed by atoms with Crippen molar-refractivity contribution in [3.8, 4) is 0 Å². The summed E-state index contributed by atoms with van der Waals surface area (Å²) in [6.45, 7) is 17.3. The summed E-state index contributed by atoms with van der Waals surface area (Å²) in [5, 5.41) is 10.5. The molecule has 0 radical (unpaired) electrons. The minimum atomic E-state index is -1.80. The summed E-state index contributed by atoms with van der Waals surface area (Å²) >= 11 is 0. The third-order valence-electron chi connectivity index (χ3n) is 4.22. The normalized spacial score (nSPS) is 17.4. The van der Waals surface area contributed by atoms with Gasteiger partial charge in [-0.15, -0.1) is 0 Å². The summed E-state index contributed by atoms with van der Waals surface area (Å²) in [7, 11) is -1.80. The van der Waals surface area contributed by atoms with Crippen molar-refractivity contribution in [1.29, 1.82) is 0 Å². The van der Waals surface area contributed by atoms with Crippen LogP contribution in [0.5, 0.6) is 0 Å². The number of unbranched alkanes of at least 4 members (excludes halogenated alkanes) is 2. The molecule has 3 heteroatoms. The van der Waals surface area contributed by atoms with E-state index >= 15 is 0 Å². The first-order valence-electron chi connectivity index (χ1n) is 7.55. The van der Waals surface area contributed by atoms with E-state index in [1.165, 1.54) is 12.8 Å². The van der Waals surface area contributed by atoms with Gasteiger partial charge in [0.25, 0.3) is 0 Å². The number of hydrogen-bond donors (Lipinski definition) is 1. The maximum Gasteiger partial charge on any atom is 0.192 e. The van der Waals surface area contributed by atoms with Crippen LogP contribution in [0.25, 0.3) is 0 Å². The van der Waals surface area contributed by atoms with Gasteiger partial charge in [-0.25, -0.2) is 0 Å². The summed E-state index contributed by atoms with van der Waals surface area (Å²) in [6.07, 6.45) is 4.97. The SMILES string of the molecule is CCCC/C=C(/C)[C@H](O)[C@H](C)O[Si](C)(C)C(C)(C)C. The number of rotatable bonds is 7. The van der Waals surface area contributed by atoms with Crippen LogP contribution in [-0.4, -0.2) is 25.6 Å². The van der Waals surface area contributed by atoms with Gasteiger partial charge in [0, 0.05) is 0 Å². The molecule has 114 valence electrons. The molecular weight excluding hydrogens is 252 g/mol. The van der Waals surface area contributed by atoms with E-state index in [0.717, 1.165) is 12.0 Å². The van der Waals surface area contributed by atoms with Crippen LogP contribution in [0.2, 0.25) is 18.1 Å². The maximum absolute atomic E-state index is 10.3. The number of allylic oxidation sites excluding steroid dienone is 1. The summed E-state index contributed by atoms with van der Waals surface area (Å²) in [6, 6.07) is 0. The van der Waals surface area contributed by atoms with Crippen molar-refractivity contribution in [3.63, 3.8) is 0 Å². The molecule has 0 aromatic rings. The monoisotopic (exact) mass is 286 g/mol. The number of aliphatic hydroxyl groups is 1. The van der Waals surface area contributed by atoms with Crippen LogP contribution >= 0.6 is 0 Å². The van der Waals surface area contributed by atoms with E-state index in [0.29, 0.717) is 0 Å². The first-order chi connectivity index (χ1) is 8.53. The molecule has 0 aromatic heterocycles. The highest BCUT2D eigenvalue weighted by atomic mass is 28.4. The van der Waals surface area contributed by atoms with Gasteiger partial charge < -0.3 is 9.53 Å². The Morgan fingerprint density at radius 2 is 1.84 bits per heavy atom. The van der Waals surface area contributed by atoms with Crippen molar-refractivity contribution < 1.29 is 9.53 Å². The molecular formula is C16H34O2Si. The molecule has 0 aliphatic heterocycles. The molecule has 0 saturated carbocycles. The van der Waals surface area contributed by atoms with Crippen molar-refractivity contribution in [1.82, 2.24) is 0 Å². The van der Waals surface area contributed by atoms with Crippen molar-refractivity contribution in [2.45, 2.75) is 91.1 Å². The average molecular weight is 287 g/mol. The minimum absolute atomic E-state index is 0.126. The molecule has 0 fully saturated rings. The fourth-order valence-corrected chi connectivity index (χ4v) is 3.14. The standard InChI is InChI=1S/C16H34O2Si/c1-9-10-11-12-13(2)15(17)14(3)18-19(7,8)16(4,5)6/h12,14-15,17H,9-11H2,1-8H3/b13-12-/t14-,15-/m0/s1. The highest BCUT2D eigenvalue weighted by Crippen LogP contribution is 2.37. The van der Waals surface area contributed by atoms with Gasteiger partial charge in [-0.1, -0.05) is 46.6 Å². The molecule has 0 bridgehead atoms. The highest BCUT2D eigenvalue weighted by Gasteiger charge is 2.39. The zero-order valence-corrected chi connectivity index (χ0v) is 15.2. The van der Waals surface area contributed by atoms with Gasteiger partial charge in [0.2, 0.25) is 0 Å². The predicted molar refractivity (Wildman–Crippen MR) is 87.0 cm³/mol. The van der Waals surface area contributed by atoms with Crippen LogP contribution in [0.4, 0.5) is 0 Å². The Balaban J connectivity index is 4.57. The van der Waals surface area contributed by atoms with Crippen molar-refractivity contribution in [3.05, 3.63) is 11.6 Å². The molecule has 0 aromatic carbocycles. The fraction of sp³-hybridized carbons (Fsp3) is 0.875. The lowest BCUT2D eigenvalue weighted by Gasteiger charge is -2.39. The Morgan fingerprint density at radius 1 is 1.32 bits per heavy atom. The van der Waals surface area contributed by atoms with E-state index in [1.807, 2.05) is 13.8 Å². The number of aliphatic hydroxyl groups excluding tert-OH is 1. The molecule has 0 amide bonds. The molecule has 0 saturated heterocycles. The second-order valence-electron chi connectivity index (χ2n) is 7.12. The van der Waals surface area contributed by atoms with E-state index in [9.17, 15) is 5.11 Å². The predicted octanol–water partition coefficient (Wildman–Crippen LogP) is 4.89. The lowest BCUT2D eigenvalue weighted by atomic mass is 10.1. The summed E-state index contributed by atoms with van der Waals surface area (Å²) < 4.78 is 6.24. The minimum Gasteiger partial charge on any atom is -0.411 e. The van der Waals surface area contributed by atoms with Crippen LogP contribution in [-0.2, 0) is 4.43 Å². The Kier molecular flexibility index (Phi) is 7.55. The molecule has 2 nitrogen and oxygen atoms in total. The number of hydrogen-bond acceptors (Lipinski definition) is 2. The van der Waals surface area contributed by atoms with Crippen LogP contribution in [0, 0.1) is 0 Å². The van der Waals surface area contributed by atoms with E-state index in [2.05, 4.69) is 46.9 Å². The summed E-state index contributed by atoms with van der Waals surface area (Å²) in [5.74, 6) is 0. The molecule has 0 spiro atoms. The van der Waals surface area contributed by atoms with Crippen molar-refractivity contribution in [2.24, 2.45) is 0 Å². The van der Waals surface area contributed by atoms with Gasteiger partial charge in [-0.05, 0) is 44.0 Å². The molecule has 19 heavy (non-hydrogen) atoms. The molecule has 0 aliphatic rings. The second-order valence-corrected chi connectivity index (χ2v) is 11.9. The van der Waals surface area contributed by atoms with E-state index in [1.54, 1.807) is 0 Å². The van der Waals surface area contributed by atoms with Gasteiger partial charge in [0.05, 0.1) is 12.2 Å². The van der Waals surface area contributed by atoms with Crippen LogP contribution in [0.1, 0.15) is 60.8 Å². The van der Waals surface area contributed by atoms with Crippen molar-refractivity contribution >= 4 is 8.32 Å². The Bertz CT molecular complexity index is 290. The van der Waals surface area contributed by atoms with E-state index < -0.39 is 14.4 Å². The highest BCUT2D eigenvalue weighted by molar-refractivity contribution is 6.74. The van der Waals surface area contributed by atoms with Gasteiger partial charge >= 0.3 is 0 Å². The Hall–Kier alpha value is -0.123. The van der Waals surface area contributed by atoms with Crippen LogP contribution in [0.15, 0.2) is 11.6 Å². The van der Waals surface area contributed by atoms with Gasteiger partial charge in [-0.3, -0.25) is 0 Å². The van der Waals surface area contributed by atoms with Gasteiger partial charge in [-0.2, -0.15) is 0 Å². The topological polar surface area (TPSA) is 29.5 Å².